The van der Waals surface area contributed by atoms with Gasteiger partial charge in [-0.25, -0.2) is 23.1 Å². The largest absolute Gasteiger partial charge is 0.408 e. The van der Waals surface area contributed by atoms with Gasteiger partial charge in [-0.2, -0.15) is 13.2 Å². The summed E-state index contributed by atoms with van der Waals surface area (Å²) in [4.78, 5) is 8.04. The average Bonchev–Trinajstić information content (AvgIpc) is 3.13. The molecule has 156 valence electrons. The topological polar surface area (TPSA) is 96.0 Å². The molecule has 0 amide bonds. The molecule has 3 N–H and O–H groups in total. The van der Waals surface area contributed by atoms with E-state index >= 15 is 0 Å². The molecule has 2 aliphatic heterocycles. The number of sulfonamides is 1. The summed E-state index contributed by atoms with van der Waals surface area (Å²) in [6, 6.07) is 2.71. The number of hydrogen-bond donors (Lipinski definition) is 3. The van der Waals surface area contributed by atoms with Crippen molar-refractivity contribution in [2.45, 2.75) is 42.5 Å². The Bertz CT molecular complexity index is 990. The van der Waals surface area contributed by atoms with Crippen LogP contribution in [-0.4, -0.2) is 49.7 Å². The van der Waals surface area contributed by atoms with Gasteiger partial charge in [-0.3, -0.25) is 0 Å². The highest BCUT2D eigenvalue weighted by Gasteiger charge is 2.44. The molecule has 0 aliphatic carbocycles. The highest BCUT2D eigenvalue weighted by molar-refractivity contribution is 7.89. The molecule has 0 spiro atoms. The van der Waals surface area contributed by atoms with Gasteiger partial charge < -0.3 is 10.6 Å². The standard InChI is InChI=1S/C18H20F3N5O2S/c19-18(20,21)15-9-14-13(5-8-23-17(14)25-15)11-1-2-16(24-10-11)29(27,28)26-12-3-6-22-7-4-12/h1-2,5,8,10,12,15,22,26H,3-4,6-7,9H2,(H,23,25). The normalized spacial score (nSPS) is 20.3. The van der Waals surface area contributed by atoms with E-state index < -0.39 is 22.2 Å². The van der Waals surface area contributed by atoms with Gasteiger partial charge in [0.2, 0.25) is 0 Å². The van der Waals surface area contributed by atoms with Crippen LogP contribution < -0.4 is 15.4 Å². The molecular weight excluding hydrogens is 407 g/mol. The van der Waals surface area contributed by atoms with Crippen molar-refractivity contribution in [1.82, 2.24) is 20.0 Å². The second kappa shape index (κ2) is 7.54. The Balaban J connectivity index is 1.56. The maximum Gasteiger partial charge on any atom is 0.408 e. The minimum atomic E-state index is -4.38. The van der Waals surface area contributed by atoms with Crippen LogP contribution in [0.2, 0.25) is 0 Å². The van der Waals surface area contributed by atoms with Crippen LogP contribution in [0.25, 0.3) is 11.1 Å². The first-order valence-electron chi connectivity index (χ1n) is 9.24. The number of fused-ring (bicyclic) bond motifs is 1. The van der Waals surface area contributed by atoms with E-state index in [-0.39, 0.29) is 23.3 Å². The Kier molecular flexibility index (Phi) is 5.21. The third-order valence-electron chi connectivity index (χ3n) is 5.15. The summed E-state index contributed by atoms with van der Waals surface area (Å²) >= 11 is 0. The first-order chi connectivity index (χ1) is 13.7. The lowest BCUT2D eigenvalue weighted by atomic mass is 10.00. The van der Waals surface area contributed by atoms with Crippen molar-refractivity contribution < 1.29 is 21.6 Å². The number of nitrogens with one attached hydrogen (secondary N) is 3. The fourth-order valence-corrected chi connectivity index (χ4v) is 4.86. The number of hydrogen-bond acceptors (Lipinski definition) is 6. The molecule has 11 heteroatoms. The van der Waals surface area contributed by atoms with Gasteiger partial charge >= 0.3 is 6.18 Å². The molecule has 4 rings (SSSR count). The number of halogens is 3. The lowest BCUT2D eigenvalue weighted by molar-refractivity contribution is -0.140. The summed E-state index contributed by atoms with van der Waals surface area (Å²) in [7, 11) is -3.76. The van der Waals surface area contributed by atoms with Crippen LogP contribution in [0, 0.1) is 0 Å². The Morgan fingerprint density at radius 2 is 1.86 bits per heavy atom. The molecule has 0 bridgehead atoms. The molecule has 0 radical (unpaired) electrons. The number of aromatic nitrogens is 2. The van der Waals surface area contributed by atoms with E-state index in [4.69, 9.17) is 0 Å². The zero-order valence-corrected chi connectivity index (χ0v) is 16.1. The monoisotopic (exact) mass is 427 g/mol. The molecule has 1 saturated heterocycles. The molecule has 1 fully saturated rings. The lowest BCUT2D eigenvalue weighted by Crippen LogP contribution is -2.42. The predicted octanol–water partition coefficient (Wildman–Crippen LogP) is 2.07. The molecule has 1 atom stereocenters. The van der Waals surface area contributed by atoms with E-state index in [0.717, 1.165) is 13.1 Å². The van der Waals surface area contributed by atoms with E-state index in [1.54, 1.807) is 12.1 Å². The van der Waals surface area contributed by atoms with Gasteiger partial charge in [-0.05, 0) is 49.7 Å². The number of piperidine rings is 1. The van der Waals surface area contributed by atoms with Crippen molar-refractivity contribution in [1.29, 1.82) is 0 Å². The highest BCUT2D eigenvalue weighted by atomic mass is 32.2. The Hall–Kier alpha value is -2.24. The van der Waals surface area contributed by atoms with Crippen molar-refractivity contribution >= 4 is 15.8 Å². The number of rotatable bonds is 4. The summed E-state index contributed by atoms with van der Waals surface area (Å²) in [5.74, 6) is 0.189. The summed E-state index contributed by atoms with van der Waals surface area (Å²) in [6.07, 6.45) is -0.424. The summed E-state index contributed by atoms with van der Waals surface area (Å²) in [6.45, 7) is 1.50. The van der Waals surface area contributed by atoms with Gasteiger partial charge in [0.15, 0.2) is 5.03 Å². The number of pyridine rings is 2. The molecule has 0 saturated carbocycles. The number of nitrogens with zero attached hydrogens (tertiary/aromatic N) is 2. The smallest absolute Gasteiger partial charge is 0.358 e. The number of anilines is 1. The maximum absolute atomic E-state index is 13.1. The Morgan fingerprint density at radius 3 is 2.52 bits per heavy atom. The zero-order valence-electron chi connectivity index (χ0n) is 15.3. The summed E-state index contributed by atoms with van der Waals surface area (Å²) in [5, 5.41) is 5.45. The fraction of sp³-hybridized carbons (Fsp3) is 0.444. The molecule has 4 heterocycles. The Morgan fingerprint density at radius 1 is 1.10 bits per heavy atom. The molecule has 0 aromatic carbocycles. The van der Waals surface area contributed by atoms with Crippen molar-refractivity contribution in [3.63, 3.8) is 0 Å². The molecule has 2 aliphatic rings. The minimum Gasteiger partial charge on any atom is -0.358 e. The van der Waals surface area contributed by atoms with Crippen LogP contribution in [0.1, 0.15) is 18.4 Å². The quantitative estimate of drug-likeness (QED) is 0.692. The SMILES string of the molecule is O=S(=O)(NC1CCNCC1)c1ccc(-c2ccnc3c2CC(C(F)(F)F)N3)cn1. The summed E-state index contributed by atoms with van der Waals surface area (Å²) < 4.78 is 66.9. The fourth-order valence-electron chi connectivity index (χ4n) is 3.63. The first-order valence-corrected chi connectivity index (χ1v) is 10.7. The second-order valence-corrected chi connectivity index (χ2v) is 8.82. The zero-order chi connectivity index (χ0) is 20.6. The van der Waals surface area contributed by atoms with Crippen molar-refractivity contribution in [2.75, 3.05) is 18.4 Å². The molecule has 1 unspecified atom stereocenters. The molecular formula is C18H20F3N5O2S. The van der Waals surface area contributed by atoms with Gasteiger partial charge in [0.1, 0.15) is 11.9 Å². The molecule has 29 heavy (non-hydrogen) atoms. The second-order valence-electron chi connectivity index (χ2n) is 7.16. The maximum atomic E-state index is 13.1. The van der Waals surface area contributed by atoms with E-state index in [1.165, 1.54) is 18.5 Å². The van der Waals surface area contributed by atoms with E-state index in [0.29, 0.717) is 29.5 Å². The van der Waals surface area contributed by atoms with Gasteiger partial charge in [-0.1, -0.05) is 0 Å². The van der Waals surface area contributed by atoms with E-state index in [9.17, 15) is 21.6 Å². The van der Waals surface area contributed by atoms with Gasteiger partial charge in [0.05, 0.1) is 0 Å². The lowest BCUT2D eigenvalue weighted by Gasteiger charge is -2.23. The predicted molar refractivity (Wildman–Crippen MR) is 101 cm³/mol. The third kappa shape index (κ3) is 4.21. The van der Waals surface area contributed by atoms with Gasteiger partial charge in [-0.15, -0.1) is 0 Å². The Labute approximate surface area is 166 Å². The molecule has 2 aromatic heterocycles. The highest BCUT2D eigenvalue weighted by Crippen LogP contribution is 2.38. The van der Waals surface area contributed by atoms with Crippen LogP contribution in [-0.2, 0) is 16.4 Å². The summed E-state index contributed by atoms with van der Waals surface area (Å²) in [5.41, 5.74) is 1.53. The van der Waals surface area contributed by atoms with Gasteiger partial charge in [0, 0.05) is 36.0 Å². The van der Waals surface area contributed by atoms with Crippen LogP contribution >= 0.6 is 0 Å². The van der Waals surface area contributed by atoms with E-state index in [1.807, 2.05) is 0 Å². The molecule has 7 nitrogen and oxygen atoms in total. The van der Waals surface area contributed by atoms with Crippen LogP contribution in [0.15, 0.2) is 35.6 Å². The minimum absolute atomic E-state index is 0.114. The average molecular weight is 427 g/mol. The van der Waals surface area contributed by atoms with Gasteiger partial charge in [0.25, 0.3) is 10.0 Å². The van der Waals surface area contributed by atoms with Crippen LogP contribution in [0.5, 0.6) is 0 Å². The van der Waals surface area contributed by atoms with E-state index in [2.05, 4.69) is 25.3 Å². The molecule has 2 aromatic rings. The van der Waals surface area contributed by atoms with Crippen LogP contribution in [0.3, 0.4) is 0 Å². The first kappa shape index (κ1) is 20.0. The van der Waals surface area contributed by atoms with Crippen molar-refractivity contribution in [3.05, 3.63) is 36.2 Å². The van der Waals surface area contributed by atoms with Crippen LogP contribution in [0.4, 0.5) is 19.0 Å². The van der Waals surface area contributed by atoms with Crippen molar-refractivity contribution in [2.24, 2.45) is 0 Å². The van der Waals surface area contributed by atoms with Crippen molar-refractivity contribution in [3.8, 4) is 11.1 Å². The third-order valence-corrected chi connectivity index (χ3v) is 6.59. The number of alkyl halides is 3.